The summed E-state index contributed by atoms with van der Waals surface area (Å²) in [6.07, 6.45) is -3.66. The highest BCUT2D eigenvalue weighted by Gasteiger charge is 2.40. The molecule has 0 saturated carbocycles. The zero-order valence-corrected chi connectivity index (χ0v) is 13.5. The third-order valence-corrected chi connectivity index (χ3v) is 3.79. The Labute approximate surface area is 142 Å². The van der Waals surface area contributed by atoms with E-state index in [4.69, 9.17) is 34.8 Å². The lowest BCUT2D eigenvalue weighted by molar-refractivity contribution is -0.141. The minimum Gasteiger partial charge on any atom is -0.256 e. The largest absolute Gasteiger partial charge is 0.435 e. The lowest BCUT2D eigenvalue weighted by atomic mass is 10.1. The fourth-order valence-electron chi connectivity index (χ4n) is 1.75. The van der Waals surface area contributed by atoms with Crippen molar-refractivity contribution in [3.05, 3.63) is 50.4 Å². The van der Waals surface area contributed by atoms with Crippen molar-refractivity contribution in [1.29, 1.82) is 0 Å². The Morgan fingerprint density at radius 2 is 1.96 bits per heavy atom. The third kappa shape index (κ3) is 3.49. The van der Waals surface area contributed by atoms with E-state index in [1.165, 1.54) is 19.2 Å². The number of aryl methyl sites for hydroxylation is 1. The second-order valence-electron chi connectivity index (χ2n) is 4.26. The van der Waals surface area contributed by atoms with Gasteiger partial charge in [0.05, 0.1) is 10.6 Å². The molecule has 0 aliphatic heterocycles. The van der Waals surface area contributed by atoms with Crippen molar-refractivity contribution in [1.82, 2.24) is 14.8 Å². The molecule has 0 saturated heterocycles. The van der Waals surface area contributed by atoms with E-state index in [-0.39, 0.29) is 15.9 Å². The molecule has 0 radical (unpaired) electrons. The van der Waals surface area contributed by atoms with E-state index >= 15 is 0 Å². The molecule has 2 rings (SSSR count). The van der Waals surface area contributed by atoms with Gasteiger partial charge in [-0.05, 0) is 17.3 Å². The predicted octanol–water partition coefficient (Wildman–Crippen LogP) is 4.97. The van der Waals surface area contributed by atoms with Gasteiger partial charge in [0.2, 0.25) is 0 Å². The van der Waals surface area contributed by atoms with Crippen molar-refractivity contribution < 1.29 is 13.2 Å². The van der Waals surface area contributed by atoms with E-state index in [2.05, 4.69) is 15.3 Å². The molecular formula is C12H6Cl3F3N4O. The number of rotatable bonds is 3. The van der Waals surface area contributed by atoms with Crippen LogP contribution in [0.4, 0.5) is 13.2 Å². The van der Waals surface area contributed by atoms with Gasteiger partial charge in [-0.2, -0.15) is 18.3 Å². The van der Waals surface area contributed by atoms with Gasteiger partial charge in [-0.15, -0.1) is 4.91 Å². The standard InChI is InChI=1S/C12H6Cl3F3N4O/c1-22-11(15)7(10(20-22)12(16,17)18)8(14)9(21-23)5-2-3-6(13)19-4-5/h2-4H,1H3/b9-8+. The Hall–Kier alpha value is -1.64. The second kappa shape index (κ2) is 6.46. The second-order valence-corrected chi connectivity index (χ2v) is 5.38. The predicted molar refractivity (Wildman–Crippen MR) is 80.9 cm³/mol. The molecule has 0 bridgehead atoms. The first-order valence-corrected chi connectivity index (χ1v) is 6.95. The van der Waals surface area contributed by atoms with E-state index in [1.807, 2.05) is 0 Å². The fourth-order valence-corrected chi connectivity index (χ4v) is 2.45. The van der Waals surface area contributed by atoms with Gasteiger partial charge in [-0.3, -0.25) is 4.68 Å². The maximum atomic E-state index is 13.1. The molecule has 23 heavy (non-hydrogen) atoms. The summed E-state index contributed by atoms with van der Waals surface area (Å²) in [5, 5.41) is 5.13. The molecule has 0 fully saturated rings. The van der Waals surface area contributed by atoms with Gasteiger partial charge < -0.3 is 0 Å². The van der Waals surface area contributed by atoms with Crippen molar-refractivity contribution in [2.45, 2.75) is 6.18 Å². The molecule has 122 valence electrons. The van der Waals surface area contributed by atoms with Crippen molar-refractivity contribution in [2.24, 2.45) is 12.2 Å². The highest BCUT2D eigenvalue weighted by atomic mass is 35.5. The third-order valence-electron chi connectivity index (χ3n) is 2.77. The fraction of sp³-hybridized carbons (Fsp3) is 0.167. The number of hydrogen-bond donors (Lipinski definition) is 0. The van der Waals surface area contributed by atoms with E-state index in [9.17, 15) is 18.1 Å². The molecule has 0 atom stereocenters. The van der Waals surface area contributed by atoms with Crippen LogP contribution in [0.15, 0.2) is 23.5 Å². The Kier molecular flexibility index (Phi) is 4.98. The highest BCUT2D eigenvalue weighted by Crippen LogP contribution is 2.42. The average molecular weight is 386 g/mol. The Balaban J connectivity index is 2.72. The van der Waals surface area contributed by atoms with Crippen molar-refractivity contribution in [3.63, 3.8) is 0 Å². The zero-order chi connectivity index (χ0) is 17.4. The molecule has 0 aliphatic rings. The van der Waals surface area contributed by atoms with Crippen LogP contribution in [0.1, 0.15) is 16.8 Å². The van der Waals surface area contributed by atoms with Crippen LogP contribution in [0.2, 0.25) is 10.3 Å². The number of nitroso groups, excluding NO2 is 1. The molecular weight excluding hydrogens is 380 g/mol. The van der Waals surface area contributed by atoms with Crippen molar-refractivity contribution in [3.8, 4) is 0 Å². The summed E-state index contributed by atoms with van der Waals surface area (Å²) in [5.41, 5.74) is -2.33. The molecule has 0 amide bonds. The number of aromatic nitrogens is 3. The smallest absolute Gasteiger partial charge is 0.256 e. The Morgan fingerprint density at radius 1 is 1.30 bits per heavy atom. The SMILES string of the molecule is Cn1nc(C(F)(F)F)c(/C(Cl)=C(\N=O)c2ccc(Cl)nc2)c1Cl. The summed E-state index contributed by atoms with van der Waals surface area (Å²) in [6.45, 7) is 0. The minimum absolute atomic E-state index is 0.0856. The van der Waals surface area contributed by atoms with Crippen LogP contribution in [0.3, 0.4) is 0 Å². The molecule has 0 aliphatic carbocycles. The van der Waals surface area contributed by atoms with Crippen LogP contribution in [-0.4, -0.2) is 14.8 Å². The summed E-state index contributed by atoms with van der Waals surface area (Å²) < 4.78 is 40.0. The average Bonchev–Trinajstić information content (AvgIpc) is 2.77. The van der Waals surface area contributed by atoms with Gasteiger partial charge in [-0.25, -0.2) is 4.98 Å². The lowest BCUT2D eigenvalue weighted by Crippen LogP contribution is -2.09. The van der Waals surface area contributed by atoms with Crippen LogP contribution >= 0.6 is 34.8 Å². The topological polar surface area (TPSA) is 60.1 Å². The van der Waals surface area contributed by atoms with E-state index in [0.717, 1.165) is 10.9 Å². The molecule has 0 unspecified atom stereocenters. The summed E-state index contributed by atoms with van der Waals surface area (Å²) in [5.74, 6) is 0. The summed E-state index contributed by atoms with van der Waals surface area (Å²) in [7, 11) is 1.21. The molecule has 2 heterocycles. The Bertz CT molecular complexity index is 784. The number of halogens is 6. The van der Waals surface area contributed by atoms with Crippen LogP contribution in [0.5, 0.6) is 0 Å². The van der Waals surface area contributed by atoms with Gasteiger partial charge in [0, 0.05) is 18.8 Å². The number of pyridine rings is 1. The first kappa shape index (κ1) is 17.7. The molecule has 0 spiro atoms. The van der Waals surface area contributed by atoms with Crippen LogP contribution in [0, 0.1) is 4.91 Å². The van der Waals surface area contributed by atoms with Crippen molar-refractivity contribution >= 4 is 45.5 Å². The molecule has 0 N–H and O–H groups in total. The number of hydrogen-bond acceptors (Lipinski definition) is 4. The lowest BCUT2D eigenvalue weighted by Gasteiger charge is -2.07. The maximum absolute atomic E-state index is 13.1. The summed E-state index contributed by atoms with van der Waals surface area (Å²) >= 11 is 17.4. The van der Waals surface area contributed by atoms with Gasteiger partial charge in [0.15, 0.2) is 5.69 Å². The van der Waals surface area contributed by atoms with Crippen LogP contribution in [0.25, 0.3) is 10.7 Å². The van der Waals surface area contributed by atoms with E-state index in [1.54, 1.807) is 0 Å². The van der Waals surface area contributed by atoms with E-state index in [0.29, 0.717) is 0 Å². The van der Waals surface area contributed by atoms with Gasteiger partial charge in [0.1, 0.15) is 16.0 Å². The molecule has 2 aromatic heterocycles. The van der Waals surface area contributed by atoms with Crippen molar-refractivity contribution in [2.75, 3.05) is 0 Å². The number of nitrogens with zero attached hydrogens (tertiary/aromatic N) is 4. The molecule has 11 heteroatoms. The summed E-state index contributed by atoms with van der Waals surface area (Å²) in [4.78, 5) is 14.8. The van der Waals surface area contributed by atoms with Gasteiger partial charge in [-0.1, -0.05) is 34.8 Å². The maximum Gasteiger partial charge on any atom is 0.435 e. The number of alkyl halides is 3. The molecule has 2 aromatic rings. The zero-order valence-electron chi connectivity index (χ0n) is 11.2. The monoisotopic (exact) mass is 384 g/mol. The first-order chi connectivity index (χ1) is 10.7. The Morgan fingerprint density at radius 3 is 2.43 bits per heavy atom. The molecule has 5 nitrogen and oxygen atoms in total. The van der Waals surface area contributed by atoms with Gasteiger partial charge >= 0.3 is 6.18 Å². The normalized spacial score (nSPS) is 13.0. The van der Waals surface area contributed by atoms with Gasteiger partial charge in [0.25, 0.3) is 0 Å². The molecule has 0 aromatic carbocycles. The van der Waals surface area contributed by atoms with E-state index < -0.39 is 28.2 Å². The van der Waals surface area contributed by atoms with Crippen LogP contribution < -0.4 is 0 Å². The first-order valence-electron chi connectivity index (χ1n) is 5.82. The highest BCUT2D eigenvalue weighted by molar-refractivity contribution is 6.54. The quantitative estimate of drug-likeness (QED) is 0.553. The summed E-state index contributed by atoms with van der Waals surface area (Å²) in [6, 6.07) is 2.67. The minimum atomic E-state index is -4.81. The van der Waals surface area contributed by atoms with Crippen LogP contribution in [-0.2, 0) is 13.2 Å².